The van der Waals surface area contributed by atoms with Crippen molar-refractivity contribution in [1.82, 2.24) is 25.1 Å². The molecule has 106 valence electrons. The van der Waals surface area contributed by atoms with Crippen LogP contribution in [0.2, 0.25) is 0 Å². The number of hydrogen-bond donors (Lipinski definition) is 2. The SMILES string of the molecule is CCNc1nccc(C(=O)N(C)Cc2ncn[nH]2)c1F. The van der Waals surface area contributed by atoms with Crippen molar-refractivity contribution in [3.63, 3.8) is 0 Å². The minimum Gasteiger partial charge on any atom is -0.368 e. The van der Waals surface area contributed by atoms with Gasteiger partial charge in [-0.1, -0.05) is 0 Å². The number of nitrogens with zero attached hydrogens (tertiary/aromatic N) is 4. The number of aromatic nitrogens is 4. The number of nitrogens with one attached hydrogen (secondary N) is 2. The van der Waals surface area contributed by atoms with E-state index in [1.54, 1.807) is 7.05 Å². The standard InChI is InChI=1S/C12H15FN6O/c1-3-14-11-10(13)8(4-5-15-11)12(20)19(2)6-9-16-7-17-18-9/h4-5,7H,3,6H2,1-2H3,(H,14,15)(H,16,17,18). The summed E-state index contributed by atoms with van der Waals surface area (Å²) in [5.74, 6) is -0.488. The highest BCUT2D eigenvalue weighted by Gasteiger charge is 2.19. The Hall–Kier alpha value is -2.51. The number of aromatic amines is 1. The monoisotopic (exact) mass is 278 g/mol. The number of anilines is 1. The molecule has 7 nitrogen and oxygen atoms in total. The molecule has 0 aliphatic carbocycles. The van der Waals surface area contributed by atoms with Gasteiger partial charge >= 0.3 is 0 Å². The van der Waals surface area contributed by atoms with E-state index in [0.29, 0.717) is 12.4 Å². The second-order valence-corrected chi connectivity index (χ2v) is 4.14. The van der Waals surface area contributed by atoms with Gasteiger partial charge in [-0.3, -0.25) is 9.89 Å². The highest BCUT2D eigenvalue weighted by Crippen LogP contribution is 2.16. The normalized spacial score (nSPS) is 10.3. The Morgan fingerprint density at radius 3 is 2.95 bits per heavy atom. The van der Waals surface area contributed by atoms with Crippen LogP contribution >= 0.6 is 0 Å². The lowest BCUT2D eigenvalue weighted by Gasteiger charge is -2.16. The molecule has 0 aliphatic rings. The molecule has 2 aromatic rings. The number of H-pyrrole nitrogens is 1. The van der Waals surface area contributed by atoms with E-state index in [9.17, 15) is 9.18 Å². The predicted octanol–water partition coefficient (Wildman–Crippen LogP) is 1.04. The first kappa shape index (κ1) is 13.9. The second kappa shape index (κ2) is 6.09. The maximum Gasteiger partial charge on any atom is 0.257 e. The first-order valence-electron chi connectivity index (χ1n) is 6.11. The van der Waals surface area contributed by atoms with Gasteiger partial charge in [-0.15, -0.1) is 0 Å². The third-order valence-corrected chi connectivity index (χ3v) is 2.66. The molecule has 0 fully saturated rings. The molecule has 0 atom stereocenters. The van der Waals surface area contributed by atoms with Gasteiger partial charge in [0.15, 0.2) is 11.6 Å². The fourth-order valence-electron chi connectivity index (χ4n) is 1.71. The maximum absolute atomic E-state index is 14.1. The van der Waals surface area contributed by atoms with Crippen molar-refractivity contribution in [2.45, 2.75) is 13.5 Å². The number of carbonyl (C=O) groups excluding carboxylic acids is 1. The molecular weight excluding hydrogens is 263 g/mol. The summed E-state index contributed by atoms with van der Waals surface area (Å²) < 4.78 is 14.1. The Morgan fingerprint density at radius 1 is 1.50 bits per heavy atom. The number of amides is 1. The maximum atomic E-state index is 14.1. The number of halogens is 1. The second-order valence-electron chi connectivity index (χ2n) is 4.14. The quantitative estimate of drug-likeness (QED) is 0.853. The largest absolute Gasteiger partial charge is 0.368 e. The third-order valence-electron chi connectivity index (χ3n) is 2.66. The van der Waals surface area contributed by atoms with Gasteiger partial charge < -0.3 is 10.2 Å². The summed E-state index contributed by atoms with van der Waals surface area (Å²) in [6, 6.07) is 1.36. The summed E-state index contributed by atoms with van der Waals surface area (Å²) in [4.78, 5) is 21.4. The van der Waals surface area contributed by atoms with E-state index >= 15 is 0 Å². The van der Waals surface area contributed by atoms with Crippen molar-refractivity contribution in [2.75, 3.05) is 18.9 Å². The highest BCUT2D eigenvalue weighted by atomic mass is 19.1. The van der Waals surface area contributed by atoms with Gasteiger partial charge in [-0.05, 0) is 13.0 Å². The topological polar surface area (TPSA) is 86.8 Å². The molecule has 2 N–H and O–H groups in total. The van der Waals surface area contributed by atoms with Gasteiger partial charge in [0.1, 0.15) is 12.2 Å². The molecule has 0 radical (unpaired) electrons. The van der Waals surface area contributed by atoms with E-state index in [1.165, 1.54) is 23.5 Å². The lowest BCUT2D eigenvalue weighted by atomic mass is 10.2. The molecule has 8 heteroatoms. The molecule has 2 heterocycles. The van der Waals surface area contributed by atoms with Crippen LogP contribution < -0.4 is 5.32 Å². The number of hydrogen-bond acceptors (Lipinski definition) is 5. The summed E-state index contributed by atoms with van der Waals surface area (Å²) in [5, 5.41) is 9.11. The van der Waals surface area contributed by atoms with Gasteiger partial charge in [0.05, 0.1) is 12.1 Å². The average Bonchev–Trinajstić information content (AvgIpc) is 2.93. The molecule has 1 amide bonds. The molecule has 0 saturated heterocycles. The van der Waals surface area contributed by atoms with E-state index < -0.39 is 11.7 Å². The number of rotatable bonds is 5. The molecule has 20 heavy (non-hydrogen) atoms. The van der Waals surface area contributed by atoms with E-state index in [1.807, 2.05) is 6.92 Å². The fraction of sp³-hybridized carbons (Fsp3) is 0.333. The summed E-state index contributed by atoms with van der Waals surface area (Å²) >= 11 is 0. The minimum atomic E-state index is -0.649. The van der Waals surface area contributed by atoms with Crippen LogP contribution in [0.4, 0.5) is 10.2 Å². The van der Waals surface area contributed by atoms with Crippen LogP contribution in [-0.2, 0) is 6.54 Å². The first-order valence-corrected chi connectivity index (χ1v) is 6.11. The Morgan fingerprint density at radius 2 is 2.30 bits per heavy atom. The summed E-state index contributed by atoms with van der Waals surface area (Å²) in [5.41, 5.74) is -0.0297. The summed E-state index contributed by atoms with van der Waals surface area (Å²) in [6.07, 6.45) is 2.75. The van der Waals surface area contributed by atoms with Gasteiger partial charge in [0.25, 0.3) is 5.91 Å². The Kier molecular flexibility index (Phi) is 4.24. The van der Waals surface area contributed by atoms with Crippen LogP contribution in [0.25, 0.3) is 0 Å². The van der Waals surface area contributed by atoms with Gasteiger partial charge in [0, 0.05) is 19.8 Å². The van der Waals surface area contributed by atoms with Crippen LogP contribution in [0.3, 0.4) is 0 Å². The molecule has 0 saturated carbocycles. The van der Waals surface area contributed by atoms with Gasteiger partial charge in [-0.2, -0.15) is 5.10 Å². The van der Waals surface area contributed by atoms with E-state index in [0.717, 1.165) is 0 Å². The van der Waals surface area contributed by atoms with Crippen molar-refractivity contribution in [3.8, 4) is 0 Å². The molecule has 0 aromatic carbocycles. The van der Waals surface area contributed by atoms with Crippen LogP contribution in [0.15, 0.2) is 18.6 Å². The molecular formula is C12H15FN6O. The number of carbonyl (C=O) groups is 1. The van der Waals surface area contributed by atoms with Crippen LogP contribution in [0.5, 0.6) is 0 Å². The molecule has 0 bridgehead atoms. The van der Waals surface area contributed by atoms with Gasteiger partial charge in [0.2, 0.25) is 0 Å². The molecule has 2 aromatic heterocycles. The molecule has 0 spiro atoms. The average molecular weight is 278 g/mol. The zero-order valence-electron chi connectivity index (χ0n) is 11.2. The van der Waals surface area contributed by atoms with Crippen molar-refractivity contribution in [3.05, 3.63) is 35.8 Å². The van der Waals surface area contributed by atoms with E-state index in [-0.39, 0.29) is 17.9 Å². The summed E-state index contributed by atoms with van der Waals surface area (Å²) in [6.45, 7) is 2.57. The Labute approximate surface area is 115 Å². The smallest absolute Gasteiger partial charge is 0.257 e. The highest BCUT2D eigenvalue weighted by molar-refractivity contribution is 5.95. The lowest BCUT2D eigenvalue weighted by molar-refractivity contribution is 0.0777. The molecule has 0 aliphatic heterocycles. The van der Waals surface area contributed by atoms with Crippen LogP contribution in [0.1, 0.15) is 23.1 Å². The van der Waals surface area contributed by atoms with Crippen molar-refractivity contribution in [1.29, 1.82) is 0 Å². The molecule has 2 rings (SSSR count). The zero-order valence-corrected chi connectivity index (χ0v) is 11.2. The third kappa shape index (κ3) is 2.90. The van der Waals surface area contributed by atoms with Crippen LogP contribution in [0, 0.1) is 5.82 Å². The molecule has 0 unspecified atom stereocenters. The van der Waals surface area contributed by atoms with Crippen molar-refractivity contribution < 1.29 is 9.18 Å². The van der Waals surface area contributed by atoms with E-state index in [4.69, 9.17) is 0 Å². The predicted molar refractivity (Wildman–Crippen MR) is 70.5 cm³/mol. The first-order chi connectivity index (χ1) is 9.63. The van der Waals surface area contributed by atoms with Gasteiger partial charge in [-0.25, -0.2) is 14.4 Å². The number of pyridine rings is 1. The zero-order chi connectivity index (χ0) is 14.5. The fourth-order valence-corrected chi connectivity index (χ4v) is 1.71. The van der Waals surface area contributed by atoms with Crippen LogP contribution in [-0.4, -0.2) is 44.6 Å². The summed E-state index contributed by atoms with van der Waals surface area (Å²) in [7, 11) is 1.57. The Balaban J connectivity index is 2.18. The Bertz CT molecular complexity index is 586. The lowest BCUT2D eigenvalue weighted by Crippen LogP contribution is -2.28. The van der Waals surface area contributed by atoms with Crippen molar-refractivity contribution >= 4 is 11.7 Å². The minimum absolute atomic E-state index is 0.0297. The van der Waals surface area contributed by atoms with Crippen molar-refractivity contribution in [2.24, 2.45) is 0 Å². The van der Waals surface area contributed by atoms with E-state index in [2.05, 4.69) is 25.5 Å².